The van der Waals surface area contributed by atoms with E-state index in [1.165, 1.54) is 10.4 Å². The molecule has 0 amide bonds. The molecular weight excluding hydrogens is 324 g/mol. The smallest absolute Gasteiger partial charge is 0.0702 e. The van der Waals surface area contributed by atoms with Gasteiger partial charge in [0.15, 0.2) is 0 Å². The van der Waals surface area contributed by atoms with E-state index >= 15 is 0 Å². The van der Waals surface area contributed by atoms with Gasteiger partial charge < -0.3 is 5.73 Å². The van der Waals surface area contributed by atoms with Crippen LogP contribution in [0.1, 0.15) is 23.4 Å². The SMILES string of the molecule is CC(N)C(c1ccc(Br)s1)N(C)Cc1cnn(C)c1. The Morgan fingerprint density at radius 2 is 2.26 bits per heavy atom. The van der Waals surface area contributed by atoms with E-state index in [-0.39, 0.29) is 12.1 Å². The fraction of sp³-hybridized carbons (Fsp3) is 0.462. The van der Waals surface area contributed by atoms with Crippen molar-refractivity contribution in [2.45, 2.75) is 25.6 Å². The van der Waals surface area contributed by atoms with Crippen molar-refractivity contribution >= 4 is 27.3 Å². The van der Waals surface area contributed by atoms with Crippen LogP contribution in [0.15, 0.2) is 28.3 Å². The van der Waals surface area contributed by atoms with Gasteiger partial charge in [-0.3, -0.25) is 9.58 Å². The van der Waals surface area contributed by atoms with E-state index in [9.17, 15) is 0 Å². The van der Waals surface area contributed by atoms with Crippen LogP contribution in [0.3, 0.4) is 0 Å². The molecule has 2 unspecified atom stereocenters. The Hall–Kier alpha value is -0.690. The quantitative estimate of drug-likeness (QED) is 0.908. The summed E-state index contributed by atoms with van der Waals surface area (Å²) in [6.07, 6.45) is 3.94. The van der Waals surface area contributed by atoms with Gasteiger partial charge in [0, 0.05) is 36.3 Å². The average molecular weight is 343 g/mol. The summed E-state index contributed by atoms with van der Waals surface area (Å²) in [6, 6.07) is 4.51. The first-order valence-corrected chi connectivity index (χ1v) is 7.77. The molecule has 2 rings (SSSR count). The average Bonchev–Trinajstić information content (AvgIpc) is 2.88. The first kappa shape index (κ1) is 14.7. The van der Waals surface area contributed by atoms with Gasteiger partial charge in [-0.05, 0) is 42.0 Å². The molecule has 2 atom stereocenters. The summed E-state index contributed by atoms with van der Waals surface area (Å²) in [5.41, 5.74) is 7.37. The largest absolute Gasteiger partial charge is 0.326 e. The van der Waals surface area contributed by atoms with Crippen molar-refractivity contribution < 1.29 is 0 Å². The standard InChI is InChI=1S/C13H19BrN4S/c1-9(15)13(11-4-5-12(14)19-11)17(2)7-10-6-16-18(3)8-10/h4-6,8-9,13H,7,15H2,1-3H3. The summed E-state index contributed by atoms with van der Waals surface area (Å²) in [6.45, 7) is 2.90. The minimum atomic E-state index is 0.0761. The van der Waals surface area contributed by atoms with Crippen LogP contribution in [0.5, 0.6) is 0 Å². The molecule has 104 valence electrons. The van der Waals surface area contributed by atoms with Crippen LogP contribution in [0.2, 0.25) is 0 Å². The van der Waals surface area contributed by atoms with E-state index in [0.29, 0.717) is 0 Å². The molecule has 0 aliphatic rings. The normalized spacial score (nSPS) is 14.8. The second-order valence-electron chi connectivity index (χ2n) is 4.88. The van der Waals surface area contributed by atoms with Gasteiger partial charge in [-0.15, -0.1) is 11.3 Å². The summed E-state index contributed by atoms with van der Waals surface area (Å²) in [5, 5.41) is 4.20. The first-order chi connectivity index (χ1) is 8.97. The number of nitrogens with zero attached hydrogens (tertiary/aromatic N) is 3. The van der Waals surface area contributed by atoms with Crippen LogP contribution < -0.4 is 5.73 Å². The number of hydrogen-bond acceptors (Lipinski definition) is 4. The summed E-state index contributed by atoms with van der Waals surface area (Å²) in [4.78, 5) is 3.56. The van der Waals surface area contributed by atoms with Crippen molar-refractivity contribution in [1.29, 1.82) is 0 Å². The fourth-order valence-electron chi connectivity index (χ4n) is 2.30. The van der Waals surface area contributed by atoms with Gasteiger partial charge >= 0.3 is 0 Å². The lowest BCUT2D eigenvalue weighted by Crippen LogP contribution is -2.36. The van der Waals surface area contributed by atoms with Crippen molar-refractivity contribution in [1.82, 2.24) is 14.7 Å². The highest BCUT2D eigenvalue weighted by Crippen LogP contribution is 2.32. The summed E-state index contributed by atoms with van der Waals surface area (Å²) in [5.74, 6) is 0. The van der Waals surface area contributed by atoms with Crippen molar-refractivity contribution in [3.05, 3.63) is 38.8 Å². The summed E-state index contributed by atoms with van der Waals surface area (Å²) < 4.78 is 2.97. The molecule has 0 aliphatic carbocycles. The Bertz CT molecular complexity index is 534. The minimum Gasteiger partial charge on any atom is -0.326 e. The molecule has 0 bridgehead atoms. The summed E-state index contributed by atoms with van der Waals surface area (Å²) in [7, 11) is 4.04. The number of nitrogens with two attached hydrogens (primary N) is 1. The highest BCUT2D eigenvalue weighted by molar-refractivity contribution is 9.11. The molecular formula is C13H19BrN4S. The van der Waals surface area contributed by atoms with Crippen LogP contribution in [-0.2, 0) is 13.6 Å². The molecule has 2 heterocycles. The lowest BCUT2D eigenvalue weighted by Gasteiger charge is -2.30. The molecule has 0 aliphatic heterocycles. The summed E-state index contributed by atoms with van der Waals surface area (Å²) >= 11 is 5.26. The number of hydrogen-bond donors (Lipinski definition) is 1. The lowest BCUT2D eigenvalue weighted by atomic mass is 10.1. The predicted molar refractivity (Wildman–Crippen MR) is 83.1 cm³/mol. The third kappa shape index (κ3) is 3.66. The van der Waals surface area contributed by atoms with Crippen LogP contribution in [0.4, 0.5) is 0 Å². The fourth-order valence-corrected chi connectivity index (χ4v) is 4.01. The number of thiophene rings is 1. The molecule has 0 saturated heterocycles. The Morgan fingerprint density at radius 1 is 1.53 bits per heavy atom. The van der Waals surface area contributed by atoms with Gasteiger partial charge in [-0.1, -0.05) is 0 Å². The van der Waals surface area contributed by atoms with Gasteiger partial charge in [0.25, 0.3) is 0 Å². The molecule has 2 N–H and O–H groups in total. The zero-order valence-electron chi connectivity index (χ0n) is 11.4. The molecule has 0 saturated carbocycles. The highest BCUT2D eigenvalue weighted by Gasteiger charge is 2.23. The molecule has 0 spiro atoms. The third-order valence-electron chi connectivity index (χ3n) is 3.05. The molecule has 2 aromatic heterocycles. The topological polar surface area (TPSA) is 47.1 Å². The van der Waals surface area contributed by atoms with Crippen molar-refractivity contribution in [3.8, 4) is 0 Å². The van der Waals surface area contributed by atoms with E-state index in [2.05, 4.69) is 52.0 Å². The second kappa shape index (κ2) is 6.17. The van der Waals surface area contributed by atoms with Crippen LogP contribution in [0, 0.1) is 0 Å². The molecule has 6 heteroatoms. The predicted octanol–water partition coefficient (Wildman–Crippen LogP) is 2.76. The Balaban J connectivity index is 2.15. The zero-order chi connectivity index (χ0) is 14.0. The van der Waals surface area contributed by atoms with Crippen molar-refractivity contribution in [3.63, 3.8) is 0 Å². The number of halogens is 1. The Kier molecular flexibility index (Phi) is 4.78. The minimum absolute atomic E-state index is 0.0761. The van der Waals surface area contributed by atoms with E-state index in [0.717, 1.165) is 10.3 Å². The van der Waals surface area contributed by atoms with Crippen molar-refractivity contribution in [2.24, 2.45) is 12.8 Å². The maximum Gasteiger partial charge on any atom is 0.0702 e. The number of rotatable bonds is 5. The van der Waals surface area contributed by atoms with Crippen LogP contribution in [-0.4, -0.2) is 27.8 Å². The zero-order valence-corrected chi connectivity index (χ0v) is 13.8. The molecule has 4 nitrogen and oxygen atoms in total. The molecule has 0 fully saturated rings. The monoisotopic (exact) mass is 342 g/mol. The van der Waals surface area contributed by atoms with E-state index < -0.39 is 0 Å². The van der Waals surface area contributed by atoms with Gasteiger partial charge in [0.05, 0.1) is 16.0 Å². The van der Waals surface area contributed by atoms with E-state index in [4.69, 9.17) is 5.73 Å². The lowest BCUT2D eigenvalue weighted by molar-refractivity contribution is 0.214. The van der Waals surface area contributed by atoms with E-state index in [1.54, 1.807) is 11.3 Å². The van der Waals surface area contributed by atoms with Gasteiger partial charge in [-0.2, -0.15) is 5.10 Å². The van der Waals surface area contributed by atoms with E-state index in [1.807, 2.05) is 24.1 Å². The number of likely N-dealkylation sites (N-methyl/N-ethyl adjacent to an activating group) is 1. The molecule has 19 heavy (non-hydrogen) atoms. The van der Waals surface area contributed by atoms with Crippen molar-refractivity contribution in [2.75, 3.05) is 7.05 Å². The van der Waals surface area contributed by atoms with Gasteiger partial charge in [-0.25, -0.2) is 0 Å². The Labute approximate surface area is 126 Å². The van der Waals surface area contributed by atoms with Gasteiger partial charge in [0.2, 0.25) is 0 Å². The molecule has 0 aromatic carbocycles. The first-order valence-electron chi connectivity index (χ1n) is 6.16. The number of aromatic nitrogens is 2. The maximum atomic E-state index is 6.17. The Morgan fingerprint density at radius 3 is 2.74 bits per heavy atom. The molecule has 0 radical (unpaired) electrons. The number of aryl methyl sites for hydroxylation is 1. The van der Waals surface area contributed by atoms with Crippen LogP contribution >= 0.6 is 27.3 Å². The maximum absolute atomic E-state index is 6.17. The molecule has 2 aromatic rings. The highest BCUT2D eigenvalue weighted by atomic mass is 79.9. The third-order valence-corrected chi connectivity index (χ3v) is 4.74. The van der Waals surface area contributed by atoms with Crippen LogP contribution in [0.25, 0.3) is 0 Å². The second-order valence-corrected chi connectivity index (χ2v) is 7.38. The van der Waals surface area contributed by atoms with Gasteiger partial charge in [0.1, 0.15) is 0 Å².